The monoisotopic (exact) mass is 238 g/mol. The predicted octanol–water partition coefficient (Wildman–Crippen LogP) is 1.93. The molecule has 1 heterocycles. The average molecular weight is 239 g/mol. The minimum absolute atomic E-state index is 0.0534. The molecule has 1 aromatic heterocycles. The fourth-order valence-corrected chi connectivity index (χ4v) is 1.38. The van der Waals surface area contributed by atoms with Crippen LogP contribution in [0.15, 0.2) is 45.8 Å². The molecule has 1 N–H and O–H groups in total. The summed E-state index contributed by atoms with van der Waals surface area (Å²) >= 11 is 3.33. The summed E-state index contributed by atoms with van der Waals surface area (Å²) < 4.78 is 2.47. The van der Waals surface area contributed by atoms with Gasteiger partial charge in [-0.15, -0.1) is 0 Å². The number of aromatic nitrogens is 2. The van der Waals surface area contributed by atoms with Crippen LogP contribution in [-0.2, 0) is 0 Å². The third-order valence-corrected chi connectivity index (χ3v) is 2.26. The Balaban J connectivity index is 2.54. The van der Waals surface area contributed by atoms with Crippen LogP contribution in [0.1, 0.15) is 0 Å². The summed E-state index contributed by atoms with van der Waals surface area (Å²) in [6.45, 7) is 0. The lowest BCUT2D eigenvalue weighted by atomic mass is 10.3. The molecule has 0 aliphatic carbocycles. The van der Waals surface area contributed by atoms with Crippen LogP contribution in [0.2, 0.25) is 0 Å². The van der Waals surface area contributed by atoms with Crippen molar-refractivity contribution < 1.29 is 0 Å². The van der Waals surface area contributed by atoms with E-state index in [2.05, 4.69) is 21.0 Å². The Hall–Kier alpha value is -1.29. The summed E-state index contributed by atoms with van der Waals surface area (Å²) in [5.41, 5.74) is 0.778. The predicted molar refractivity (Wildman–Crippen MR) is 54.1 cm³/mol. The zero-order chi connectivity index (χ0) is 9.26. The second-order valence-corrected chi connectivity index (χ2v) is 3.53. The zero-order valence-electron chi connectivity index (χ0n) is 6.70. The molecule has 0 spiro atoms. The van der Waals surface area contributed by atoms with Gasteiger partial charge in [0.1, 0.15) is 0 Å². The molecule has 13 heavy (non-hydrogen) atoms. The third-order valence-electron chi connectivity index (χ3n) is 1.73. The van der Waals surface area contributed by atoms with Crippen molar-refractivity contribution in [3.05, 3.63) is 51.4 Å². The summed E-state index contributed by atoms with van der Waals surface area (Å²) in [5.74, 6) is 0. The van der Waals surface area contributed by atoms with E-state index in [4.69, 9.17) is 0 Å². The van der Waals surface area contributed by atoms with Gasteiger partial charge in [-0.25, -0.2) is 4.68 Å². The van der Waals surface area contributed by atoms with Crippen molar-refractivity contribution in [2.24, 2.45) is 0 Å². The van der Waals surface area contributed by atoms with Crippen LogP contribution in [0.3, 0.4) is 0 Å². The van der Waals surface area contributed by atoms with E-state index in [1.165, 1.54) is 10.7 Å². The van der Waals surface area contributed by atoms with E-state index in [1.54, 1.807) is 6.20 Å². The third kappa shape index (κ3) is 1.58. The van der Waals surface area contributed by atoms with E-state index in [9.17, 15) is 4.79 Å². The Kier molecular flexibility index (Phi) is 2.06. The molecule has 2 rings (SSSR count). The van der Waals surface area contributed by atoms with Crippen LogP contribution in [0.4, 0.5) is 0 Å². The fourth-order valence-electron chi connectivity index (χ4n) is 1.11. The number of hydrogen-bond donors (Lipinski definition) is 1. The second kappa shape index (κ2) is 3.22. The molecule has 0 amide bonds. The first-order valence-electron chi connectivity index (χ1n) is 3.80. The highest BCUT2D eigenvalue weighted by molar-refractivity contribution is 9.10. The standard InChI is InChI=1S/C9H7BrN2O/c10-7-1-3-8(4-2-7)12-9(13)5-6-11-12/h1-6,11H. The highest BCUT2D eigenvalue weighted by Gasteiger charge is 1.98. The Morgan fingerprint density at radius 1 is 1.15 bits per heavy atom. The van der Waals surface area contributed by atoms with Crippen LogP contribution in [0.5, 0.6) is 0 Å². The number of rotatable bonds is 1. The molecule has 2 aromatic rings. The van der Waals surface area contributed by atoms with E-state index >= 15 is 0 Å². The summed E-state index contributed by atoms with van der Waals surface area (Å²) in [7, 11) is 0. The van der Waals surface area contributed by atoms with E-state index in [-0.39, 0.29) is 5.56 Å². The van der Waals surface area contributed by atoms with Crippen molar-refractivity contribution in [2.75, 3.05) is 0 Å². The molecular formula is C9H7BrN2O. The van der Waals surface area contributed by atoms with Crippen molar-refractivity contribution in [3.63, 3.8) is 0 Å². The minimum atomic E-state index is -0.0534. The first-order chi connectivity index (χ1) is 6.27. The Morgan fingerprint density at radius 2 is 1.85 bits per heavy atom. The topological polar surface area (TPSA) is 37.8 Å². The van der Waals surface area contributed by atoms with Gasteiger partial charge in [-0.1, -0.05) is 15.9 Å². The molecule has 3 nitrogen and oxygen atoms in total. The molecule has 0 atom stereocenters. The first kappa shape index (κ1) is 8.31. The number of hydrogen-bond acceptors (Lipinski definition) is 1. The lowest BCUT2D eigenvalue weighted by Crippen LogP contribution is -2.12. The number of nitrogens with one attached hydrogen (secondary N) is 1. The van der Waals surface area contributed by atoms with Crippen LogP contribution >= 0.6 is 15.9 Å². The van der Waals surface area contributed by atoms with E-state index in [1.807, 2.05) is 24.3 Å². The van der Waals surface area contributed by atoms with Crippen molar-refractivity contribution in [1.82, 2.24) is 9.78 Å². The van der Waals surface area contributed by atoms with Gasteiger partial charge >= 0.3 is 0 Å². The summed E-state index contributed by atoms with van der Waals surface area (Å²) in [6, 6.07) is 9.00. The van der Waals surface area contributed by atoms with Gasteiger partial charge in [0, 0.05) is 16.7 Å². The van der Waals surface area contributed by atoms with Crippen LogP contribution in [0, 0.1) is 0 Å². The van der Waals surface area contributed by atoms with E-state index < -0.39 is 0 Å². The van der Waals surface area contributed by atoms with Gasteiger partial charge in [0.25, 0.3) is 5.56 Å². The maximum absolute atomic E-state index is 11.2. The summed E-state index contributed by atoms with van der Waals surface area (Å²) in [5, 5.41) is 2.83. The minimum Gasteiger partial charge on any atom is -0.298 e. The smallest absolute Gasteiger partial charge is 0.271 e. The van der Waals surface area contributed by atoms with Crippen LogP contribution in [0.25, 0.3) is 5.69 Å². The highest BCUT2D eigenvalue weighted by Crippen LogP contribution is 2.11. The fraction of sp³-hybridized carbons (Fsp3) is 0. The van der Waals surface area contributed by atoms with Gasteiger partial charge in [-0.2, -0.15) is 0 Å². The molecule has 66 valence electrons. The van der Waals surface area contributed by atoms with Gasteiger partial charge < -0.3 is 0 Å². The van der Waals surface area contributed by atoms with Gasteiger partial charge in [-0.05, 0) is 24.3 Å². The maximum Gasteiger partial charge on any atom is 0.271 e. The van der Waals surface area contributed by atoms with Gasteiger partial charge in [0.2, 0.25) is 0 Å². The largest absolute Gasteiger partial charge is 0.298 e. The van der Waals surface area contributed by atoms with Crippen molar-refractivity contribution in [2.45, 2.75) is 0 Å². The summed E-state index contributed by atoms with van der Waals surface area (Å²) in [4.78, 5) is 11.2. The SMILES string of the molecule is O=c1cc[nH]n1-c1ccc(Br)cc1. The van der Waals surface area contributed by atoms with E-state index in [0.29, 0.717) is 0 Å². The molecule has 4 heteroatoms. The Morgan fingerprint density at radius 3 is 2.38 bits per heavy atom. The molecule has 1 aromatic carbocycles. The molecular weight excluding hydrogens is 232 g/mol. The van der Waals surface area contributed by atoms with Crippen LogP contribution in [-0.4, -0.2) is 9.78 Å². The number of nitrogens with zero attached hydrogens (tertiary/aromatic N) is 1. The number of benzene rings is 1. The molecule has 0 radical (unpaired) electrons. The maximum atomic E-state index is 11.2. The highest BCUT2D eigenvalue weighted by atomic mass is 79.9. The second-order valence-electron chi connectivity index (χ2n) is 2.61. The van der Waals surface area contributed by atoms with E-state index in [0.717, 1.165) is 10.2 Å². The normalized spacial score (nSPS) is 10.2. The number of H-pyrrole nitrogens is 1. The molecule has 0 fully saturated rings. The molecule has 0 bridgehead atoms. The molecule has 0 saturated carbocycles. The zero-order valence-corrected chi connectivity index (χ0v) is 8.28. The van der Waals surface area contributed by atoms with Gasteiger partial charge in [0.05, 0.1) is 5.69 Å². The Labute approximate surface area is 83.1 Å². The first-order valence-corrected chi connectivity index (χ1v) is 4.59. The van der Waals surface area contributed by atoms with Crippen molar-refractivity contribution in [3.8, 4) is 5.69 Å². The molecule has 0 saturated heterocycles. The molecule has 0 aliphatic heterocycles. The molecule has 0 unspecified atom stereocenters. The lowest BCUT2D eigenvalue weighted by molar-refractivity contribution is 0.849. The average Bonchev–Trinajstić information content (AvgIpc) is 2.53. The quantitative estimate of drug-likeness (QED) is 0.811. The molecule has 0 aliphatic rings. The van der Waals surface area contributed by atoms with Gasteiger partial charge in [-0.3, -0.25) is 9.89 Å². The number of halogens is 1. The van der Waals surface area contributed by atoms with Crippen molar-refractivity contribution >= 4 is 15.9 Å². The summed E-state index contributed by atoms with van der Waals surface area (Å²) in [6.07, 6.45) is 1.62. The van der Waals surface area contributed by atoms with Crippen LogP contribution < -0.4 is 5.56 Å². The Bertz CT molecular complexity index is 455. The lowest BCUT2D eigenvalue weighted by Gasteiger charge is -2.00. The number of aromatic amines is 1. The van der Waals surface area contributed by atoms with Crippen molar-refractivity contribution in [1.29, 1.82) is 0 Å². The van der Waals surface area contributed by atoms with Gasteiger partial charge in [0.15, 0.2) is 0 Å².